The Balaban J connectivity index is 0.00000625. The van der Waals surface area contributed by atoms with Crippen LogP contribution in [0.4, 0.5) is 8.78 Å². The minimum absolute atomic E-state index is 0. The number of hydrogen-bond acceptors (Lipinski definition) is 3. The third-order valence-electron chi connectivity index (χ3n) is 3.34. The molecule has 0 saturated carbocycles. The number of guanidine groups is 1. The van der Waals surface area contributed by atoms with Crippen LogP contribution in [-0.2, 0) is 11.3 Å². The second kappa shape index (κ2) is 12.7. The van der Waals surface area contributed by atoms with Crippen molar-refractivity contribution in [2.24, 2.45) is 10.9 Å². The minimum atomic E-state index is -2.87. The quantitative estimate of drug-likeness (QED) is 0.230. The lowest BCUT2D eigenvalue weighted by Crippen LogP contribution is -2.41. The Bertz CT molecular complexity index is 598. The van der Waals surface area contributed by atoms with E-state index >= 15 is 0 Å². The molecular formula is C17H27F2IN4O2. The summed E-state index contributed by atoms with van der Waals surface area (Å²) in [5.74, 6) is 0.557. The summed E-state index contributed by atoms with van der Waals surface area (Å²) in [5.41, 5.74) is 1.55. The van der Waals surface area contributed by atoms with E-state index in [4.69, 9.17) is 0 Å². The summed E-state index contributed by atoms with van der Waals surface area (Å²) in [4.78, 5) is 15.5. The molecule has 6 nitrogen and oxygen atoms in total. The lowest BCUT2D eigenvalue weighted by atomic mass is 10.1. The largest absolute Gasteiger partial charge is 0.434 e. The Hall–Kier alpha value is -1.65. The predicted molar refractivity (Wildman–Crippen MR) is 109 cm³/mol. The van der Waals surface area contributed by atoms with Gasteiger partial charge in [-0.05, 0) is 13.0 Å². The Morgan fingerprint density at radius 1 is 1.19 bits per heavy atom. The Morgan fingerprint density at radius 3 is 2.42 bits per heavy atom. The summed E-state index contributed by atoms with van der Waals surface area (Å²) >= 11 is 0. The molecule has 0 fully saturated rings. The van der Waals surface area contributed by atoms with E-state index in [0.717, 1.165) is 5.56 Å². The highest BCUT2D eigenvalue weighted by molar-refractivity contribution is 14.0. The van der Waals surface area contributed by atoms with Crippen LogP contribution in [0.25, 0.3) is 0 Å². The summed E-state index contributed by atoms with van der Waals surface area (Å²) < 4.78 is 29.5. The molecule has 0 aromatic heterocycles. The summed E-state index contributed by atoms with van der Waals surface area (Å²) in [7, 11) is 1.61. The van der Waals surface area contributed by atoms with Gasteiger partial charge in [0.2, 0.25) is 5.91 Å². The van der Waals surface area contributed by atoms with Crippen LogP contribution < -0.4 is 20.7 Å². The first-order chi connectivity index (χ1) is 11.8. The number of nitrogens with one attached hydrogen (secondary N) is 3. The number of hydrogen-bond donors (Lipinski definition) is 3. The Labute approximate surface area is 170 Å². The molecule has 3 N–H and O–H groups in total. The average molecular weight is 484 g/mol. The van der Waals surface area contributed by atoms with Crippen LogP contribution in [-0.4, -0.2) is 38.6 Å². The van der Waals surface area contributed by atoms with Gasteiger partial charge in [-0.15, -0.1) is 24.0 Å². The van der Waals surface area contributed by atoms with Crippen molar-refractivity contribution < 1.29 is 18.3 Å². The van der Waals surface area contributed by atoms with E-state index in [0.29, 0.717) is 24.6 Å². The zero-order valence-corrected chi connectivity index (χ0v) is 17.8. The second-order valence-electron chi connectivity index (χ2n) is 5.79. The number of rotatable bonds is 8. The number of aryl methyl sites for hydroxylation is 1. The molecule has 0 atom stereocenters. The van der Waals surface area contributed by atoms with Crippen molar-refractivity contribution in [2.75, 3.05) is 20.1 Å². The number of benzene rings is 1. The van der Waals surface area contributed by atoms with Gasteiger partial charge in [0.1, 0.15) is 5.75 Å². The van der Waals surface area contributed by atoms with Crippen LogP contribution >= 0.6 is 24.0 Å². The molecule has 0 unspecified atom stereocenters. The van der Waals surface area contributed by atoms with Crippen LogP contribution in [0.2, 0.25) is 0 Å². The maximum atomic E-state index is 12.5. The van der Waals surface area contributed by atoms with Gasteiger partial charge in [-0.3, -0.25) is 9.79 Å². The fraction of sp³-hybridized carbons (Fsp3) is 0.529. The molecule has 1 aromatic rings. The predicted octanol–water partition coefficient (Wildman–Crippen LogP) is 2.65. The first-order valence-electron chi connectivity index (χ1n) is 8.10. The van der Waals surface area contributed by atoms with Gasteiger partial charge in [0.05, 0.1) is 0 Å². The van der Waals surface area contributed by atoms with E-state index in [9.17, 15) is 13.6 Å². The maximum Gasteiger partial charge on any atom is 0.387 e. The molecule has 0 spiro atoms. The SMILES string of the molecule is CN=C(NCCNC(=O)C(C)C)NCc1cc(C)ccc1OC(F)F.I. The van der Waals surface area contributed by atoms with Crippen molar-refractivity contribution in [1.82, 2.24) is 16.0 Å². The van der Waals surface area contributed by atoms with Crippen molar-refractivity contribution in [1.29, 1.82) is 0 Å². The molecule has 1 aromatic carbocycles. The summed E-state index contributed by atoms with van der Waals surface area (Å²) in [5, 5.41) is 8.87. The first kappa shape index (κ1) is 24.4. The van der Waals surface area contributed by atoms with E-state index in [1.807, 2.05) is 20.8 Å². The molecule has 0 heterocycles. The normalized spacial score (nSPS) is 11.2. The third kappa shape index (κ3) is 9.16. The lowest BCUT2D eigenvalue weighted by molar-refractivity contribution is -0.123. The van der Waals surface area contributed by atoms with Crippen LogP contribution in [0.3, 0.4) is 0 Å². The van der Waals surface area contributed by atoms with Gasteiger partial charge >= 0.3 is 6.61 Å². The molecule has 9 heteroatoms. The molecule has 148 valence electrons. The Morgan fingerprint density at radius 2 is 1.85 bits per heavy atom. The van der Waals surface area contributed by atoms with Gasteiger partial charge in [0, 0.05) is 38.2 Å². The molecule has 0 bridgehead atoms. The highest BCUT2D eigenvalue weighted by atomic mass is 127. The van der Waals surface area contributed by atoms with Crippen LogP contribution in [0.1, 0.15) is 25.0 Å². The molecule has 0 aliphatic heterocycles. The number of carbonyl (C=O) groups is 1. The van der Waals surface area contributed by atoms with E-state index < -0.39 is 6.61 Å². The van der Waals surface area contributed by atoms with Crippen molar-refractivity contribution in [2.45, 2.75) is 33.9 Å². The smallest absolute Gasteiger partial charge is 0.387 e. The Kier molecular flexibility index (Phi) is 11.9. The van der Waals surface area contributed by atoms with E-state index in [-0.39, 0.29) is 48.1 Å². The molecule has 0 aliphatic rings. The number of carbonyl (C=O) groups excluding carboxylic acids is 1. The third-order valence-corrected chi connectivity index (χ3v) is 3.34. The van der Waals surface area contributed by atoms with Gasteiger partial charge in [-0.1, -0.05) is 31.5 Å². The standard InChI is InChI=1S/C17H26F2N4O2.HI/c1-11(2)15(24)21-7-8-22-17(20-4)23-10-13-9-12(3)5-6-14(13)25-16(18)19;/h5-6,9,11,16H,7-8,10H2,1-4H3,(H,21,24)(H2,20,22,23);1H. The van der Waals surface area contributed by atoms with Gasteiger partial charge in [0.15, 0.2) is 5.96 Å². The van der Waals surface area contributed by atoms with Crippen LogP contribution in [0, 0.1) is 12.8 Å². The fourth-order valence-corrected chi connectivity index (χ4v) is 2.03. The molecule has 1 rings (SSSR count). The van der Waals surface area contributed by atoms with Gasteiger partial charge < -0.3 is 20.7 Å². The topological polar surface area (TPSA) is 74.8 Å². The van der Waals surface area contributed by atoms with Gasteiger partial charge in [-0.25, -0.2) is 0 Å². The molecular weight excluding hydrogens is 457 g/mol. The number of nitrogens with zero attached hydrogens (tertiary/aromatic N) is 1. The van der Waals surface area contributed by atoms with Crippen molar-refractivity contribution in [3.63, 3.8) is 0 Å². The maximum absolute atomic E-state index is 12.5. The number of amides is 1. The van der Waals surface area contributed by atoms with Gasteiger partial charge in [0.25, 0.3) is 0 Å². The summed E-state index contributed by atoms with van der Waals surface area (Å²) in [6, 6.07) is 5.02. The highest BCUT2D eigenvalue weighted by Crippen LogP contribution is 2.21. The van der Waals surface area contributed by atoms with Crippen molar-refractivity contribution >= 4 is 35.8 Å². The molecule has 0 aliphatic carbocycles. The zero-order chi connectivity index (χ0) is 18.8. The zero-order valence-electron chi connectivity index (χ0n) is 15.4. The van der Waals surface area contributed by atoms with Crippen molar-refractivity contribution in [3.05, 3.63) is 29.3 Å². The highest BCUT2D eigenvalue weighted by Gasteiger charge is 2.10. The van der Waals surface area contributed by atoms with E-state index in [1.165, 1.54) is 6.07 Å². The van der Waals surface area contributed by atoms with Crippen molar-refractivity contribution in [3.8, 4) is 5.75 Å². The van der Waals surface area contributed by atoms with E-state index in [1.54, 1.807) is 19.2 Å². The monoisotopic (exact) mass is 484 g/mol. The molecule has 0 radical (unpaired) electrons. The van der Waals surface area contributed by atoms with Gasteiger partial charge in [-0.2, -0.15) is 8.78 Å². The second-order valence-corrected chi connectivity index (χ2v) is 5.79. The number of aliphatic imine (C=N–C) groups is 1. The fourth-order valence-electron chi connectivity index (χ4n) is 2.03. The number of alkyl halides is 2. The molecule has 26 heavy (non-hydrogen) atoms. The summed E-state index contributed by atoms with van der Waals surface area (Å²) in [6.45, 7) is 3.88. The lowest BCUT2D eigenvalue weighted by Gasteiger charge is -2.15. The first-order valence-corrected chi connectivity index (χ1v) is 8.10. The van der Waals surface area contributed by atoms with Crippen LogP contribution in [0.15, 0.2) is 23.2 Å². The number of halogens is 3. The average Bonchev–Trinajstić information content (AvgIpc) is 2.55. The van der Waals surface area contributed by atoms with E-state index in [2.05, 4.69) is 25.7 Å². The number of ether oxygens (including phenoxy) is 1. The summed E-state index contributed by atoms with van der Waals surface area (Å²) in [6.07, 6.45) is 0. The minimum Gasteiger partial charge on any atom is -0.434 e. The van der Waals surface area contributed by atoms with Crippen LogP contribution in [0.5, 0.6) is 5.75 Å². The molecule has 1 amide bonds. The molecule has 0 saturated heterocycles.